The molecule has 0 aliphatic rings. The second-order valence-corrected chi connectivity index (χ2v) is 6.01. The van der Waals surface area contributed by atoms with Crippen molar-refractivity contribution in [1.29, 1.82) is 10.5 Å². The third kappa shape index (κ3) is 14.5. The summed E-state index contributed by atoms with van der Waals surface area (Å²) in [4.78, 5) is 0. The van der Waals surface area contributed by atoms with Crippen LogP contribution in [0.4, 0.5) is 0 Å². The van der Waals surface area contributed by atoms with Crippen LogP contribution < -0.4 is 0 Å². The summed E-state index contributed by atoms with van der Waals surface area (Å²) in [6.45, 7) is 11.2. The van der Waals surface area contributed by atoms with Gasteiger partial charge in [-0.25, -0.2) is 0 Å². The molecule has 5 atom stereocenters. The van der Waals surface area contributed by atoms with Crippen molar-refractivity contribution in [3.8, 4) is 12.5 Å². The molecule has 8 nitrogen and oxygen atoms in total. The fraction of sp³-hybridized carbons (Fsp3) is 0.882. The molecule has 8 heteroatoms. The van der Waals surface area contributed by atoms with E-state index in [0.717, 1.165) is 0 Å². The topological polar surface area (TPSA) is 103 Å². The summed E-state index contributed by atoms with van der Waals surface area (Å²) in [6, 6.07) is 0. The lowest BCUT2D eigenvalue weighted by atomic mass is 10.3. The van der Waals surface area contributed by atoms with Crippen molar-refractivity contribution in [3.63, 3.8) is 0 Å². The predicted octanol–water partition coefficient (Wildman–Crippen LogP) is 1.99. The van der Waals surface area contributed by atoms with Crippen LogP contribution in [-0.4, -0.2) is 63.6 Å². The standard InChI is InChI=1S/C17H30N2O6/c1-13(6-20-7-14(2)24-11-18)21-8-15(3)22-9-16(4)23-10-17(5)25-12-19/h13-17H,6-10H2,1-5H3. The molecule has 0 saturated carbocycles. The van der Waals surface area contributed by atoms with Crippen LogP contribution in [0, 0.1) is 23.0 Å². The van der Waals surface area contributed by atoms with Gasteiger partial charge in [0.2, 0.25) is 0 Å². The van der Waals surface area contributed by atoms with Gasteiger partial charge in [0.25, 0.3) is 12.5 Å². The Hall–Kier alpha value is -1.58. The van der Waals surface area contributed by atoms with E-state index in [1.54, 1.807) is 26.4 Å². The van der Waals surface area contributed by atoms with Gasteiger partial charge in [-0.15, -0.1) is 0 Å². The van der Waals surface area contributed by atoms with Crippen molar-refractivity contribution >= 4 is 0 Å². The molecular weight excluding hydrogens is 328 g/mol. The first-order valence-electron chi connectivity index (χ1n) is 8.41. The van der Waals surface area contributed by atoms with E-state index in [-0.39, 0.29) is 30.5 Å². The normalized spacial score (nSPS) is 16.8. The van der Waals surface area contributed by atoms with Crippen LogP contribution in [0.3, 0.4) is 0 Å². The van der Waals surface area contributed by atoms with Crippen molar-refractivity contribution in [2.45, 2.75) is 65.1 Å². The smallest absolute Gasteiger partial charge is 0.286 e. The molecule has 0 saturated heterocycles. The van der Waals surface area contributed by atoms with Gasteiger partial charge < -0.3 is 28.4 Å². The highest BCUT2D eigenvalue weighted by atomic mass is 16.6. The highest BCUT2D eigenvalue weighted by Gasteiger charge is 2.12. The maximum atomic E-state index is 8.39. The van der Waals surface area contributed by atoms with Crippen LogP contribution in [0.2, 0.25) is 0 Å². The number of ether oxygens (including phenoxy) is 6. The summed E-state index contributed by atoms with van der Waals surface area (Å²) >= 11 is 0. The molecule has 0 amide bonds. The zero-order valence-electron chi connectivity index (χ0n) is 15.8. The summed E-state index contributed by atoms with van der Waals surface area (Å²) in [7, 11) is 0. The fourth-order valence-corrected chi connectivity index (χ4v) is 1.69. The average Bonchev–Trinajstić information content (AvgIpc) is 2.56. The Morgan fingerprint density at radius 1 is 0.560 bits per heavy atom. The van der Waals surface area contributed by atoms with Crippen LogP contribution in [0.15, 0.2) is 0 Å². The minimum Gasteiger partial charge on any atom is -0.422 e. The van der Waals surface area contributed by atoms with E-state index < -0.39 is 0 Å². The third-order valence-corrected chi connectivity index (χ3v) is 3.06. The van der Waals surface area contributed by atoms with Gasteiger partial charge in [0.1, 0.15) is 12.2 Å². The van der Waals surface area contributed by atoms with Gasteiger partial charge in [0.15, 0.2) is 0 Å². The highest BCUT2D eigenvalue weighted by Crippen LogP contribution is 2.02. The van der Waals surface area contributed by atoms with E-state index >= 15 is 0 Å². The van der Waals surface area contributed by atoms with E-state index in [4.69, 9.17) is 38.9 Å². The molecule has 0 aliphatic heterocycles. The second kappa shape index (κ2) is 14.7. The number of rotatable bonds is 15. The maximum absolute atomic E-state index is 8.39. The number of hydrogen-bond donors (Lipinski definition) is 0. The van der Waals surface area contributed by atoms with Gasteiger partial charge in [0, 0.05) is 0 Å². The molecule has 144 valence electrons. The minimum atomic E-state index is -0.268. The molecule has 0 N–H and O–H groups in total. The molecular formula is C17H30N2O6. The van der Waals surface area contributed by atoms with Gasteiger partial charge in [-0.05, 0) is 34.6 Å². The molecule has 0 bridgehead atoms. The van der Waals surface area contributed by atoms with E-state index in [1.165, 1.54) is 0 Å². The van der Waals surface area contributed by atoms with Crippen LogP contribution in [0.5, 0.6) is 0 Å². The molecule has 0 fully saturated rings. The first-order valence-corrected chi connectivity index (χ1v) is 8.41. The lowest BCUT2D eigenvalue weighted by molar-refractivity contribution is -0.0894. The Labute approximate surface area is 150 Å². The van der Waals surface area contributed by atoms with Gasteiger partial charge in [-0.2, -0.15) is 10.5 Å². The van der Waals surface area contributed by atoms with Crippen molar-refractivity contribution in [1.82, 2.24) is 0 Å². The van der Waals surface area contributed by atoms with Crippen molar-refractivity contribution in [3.05, 3.63) is 0 Å². The largest absolute Gasteiger partial charge is 0.422 e. The summed E-state index contributed by atoms with van der Waals surface area (Å²) < 4.78 is 31.7. The van der Waals surface area contributed by atoms with Crippen LogP contribution in [-0.2, 0) is 28.4 Å². The Bertz CT molecular complexity index is 409. The van der Waals surface area contributed by atoms with Gasteiger partial charge in [-0.1, -0.05) is 0 Å². The molecule has 0 aromatic rings. The van der Waals surface area contributed by atoms with E-state index in [0.29, 0.717) is 33.0 Å². The molecule has 5 unspecified atom stereocenters. The molecule has 0 heterocycles. The summed E-state index contributed by atoms with van der Waals surface area (Å²) in [5, 5.41) is 16.8. The first kappa shape index (κ1) is 23.4. The number of hydrogen-bond acceptors (Lipinski definition) is 8. The molecule has 0 spiro atoms. The van der Waals surface area contributed by atoms with Crippen molar-refractivity contribution in [2.24, 2.45) is 0 Å². The Morgan fingerprint density at radius 3 is 1.32 bits per heavy atom. The fourth-order valence-electron chi connectivity index (χ4n) is 1.69. The highest BCUT2D eigenvalue weighted by molar-refractivity contribution is 4.60. The number of nitriles is 2. The quantitative estimate of drug-likeness (QED) is 0.409. The van der Waals surface area contributed by atoms with Crippen molar-refractivity contribution < 1.29 is 28.4 Å². The lowest BCUT2D eigenvalue weighted by Gasteiger charge is -2.21. The van der Waals surface area contributed by atoms with E-state index in [1.807, 2.05) is 20.8 Å². The zero-order chi connectivity index (χ0) is 19.1. The Balaban J connectivity index is 3.70. The molecule has 25 heavy (non-hydrogen) atoms. The summed E-state index contributed by atoms with van der Waals surface area (Å²) in [6.07, 6.45) is 2.47. The lowest BCUT2D eigenvalue weighted by Crippen LogP contribution is -2.28. The average molecular weight is 358 g/mol. The van der Waals surface area contributed by atoms with Gasteiger partial charge in [0.05, 0.1) is 51.3 Å². The van der Waals surface area contributed by atoms with Crippen LogP contribution in [0.25, 0.3) is 0 Å². The van der Waals surface area contributed by atoms with E-state index in [2.05, 4.69) is 0 Å². The molecule has 0 aromatic carbocycles. The Kier molecular flexibility index (Phi) is 13.8. The monoisotopic (exact) mass is 358 g/mol. The molecule has 0 radical (unpaired) electrons. The first-order chi connectivity index (χ1) is 11.9. The van der Waals surface area contributed by atoms with Gasteiger partial charge >= 0.3 is 0 Å². The van der Waals surface area contributed by atoms with E-state index in [9.17, 15) is 0 Å². The van der Waals surface area contributed by atoms with Crippen LogP contribution in [0.1, 0.15) is 34.6 Å². The predicted molar refractivity (Wildman–Crippen MR) is 89.4 cm³/mol. The summed E-state index contributed by atoms with van der Waals surface area (Å²) in [5.41, 5.74) is 0. The summed E-state index contributed by atoms with van der Waals surface area (Å²) in [5.74, 6) is 0. The molecule has 0 aromatic heterocycles. The molecule has 0 aliphatic carbocycles. The second-order valence-electron chi connectivity index (χ2n) is 6.01. The number of nitrogens with zero attached hydrogens (tertiary/aromatic N) is 2. The Morgan fingerprint density at radius 2 is 0.880 bits per heavy atom. The van der Waals surface area contributed by atoms with Crippen molar-refractivity contribution in [2.75, 3.05) is 33.0 Å². The third-order valence-electron chi connectivity index (χ3n) is 3.06. The van der Waals surface area contributed by atoms with Crippen LogP contribution >= 0.6 is 0 Å². The maximum Gasteiger partial charge on any atom is 0.286 e. The SMILES string of the molecule is CC(COCC(C)OCC(C)OCC(C)OCC(C)OC#N)OC#N. The zero-order valence-corrected chi connectivity index (χ0v) is 15.8. The minimum absolute atomic E-state index is 0.0814. The molecule has 0 rings (SSSR count). The van der Waals surface area contributed by atoms with Gasteiger partial charge in [-0.3, -0.25) is 0 Å².